The number of rotatable bonds is 6. The van der Waals surface area contributed by atoms with Gasteiger partial charge in [0.1, 0.15) is 11.1 Å². The first kappa shape index (κ1) is 19.8. The van der Waals surface area contributed by atoms with Crippen LogP contribution in [0.4, 0.5) is 15.8 Å². The molecule has 2 aromatic rings. The fourth-order valence-corrected chi connectivity index (χ4v) is 3.83. The maximum Gasteiger partial charge on any atom is 0.242 e. The van der Waals surface area contributed by atoms with Crippen molar-refractivity contribution < 1.29 is 14.0 Å². The first-order chi connectivity index (χ1) is 13.5. The molecule has 1 fully saturated rings. The smallest absolute Gasteiger partial charge is 0.242 e. The van der Waals surface area contributed by atoms with E-state index in [9.17, 15) is 14.0 Å². The summed E-state index contributed by atoms with van der Waals surface area (Å²) in [7, 11) is 0. The Morgan fingerprint density at radius 1 is 1.25 bits per heavy atom. The van der Waals surface area contributed by atoms with E-state index in [4.69, 9.17) is 0 Å². The Balaban J connectivity index is 1.72. The van der Waals surface area contributed by atoms with Crippen molar-refractivity contribution in [1.82, 2.24) is 4.90 Å². The van der Waals surface area contributed by atoms with Gasteiger partial charge in [-0.1, -0.05) is 35.5 Å². The van der Waals surface area contributed by atoms with Gasteiger partial charge in [0.15, 0.2) is 5.17 Å². The van der Waals surface area contributed by atoms with Crippen molar-refractivity contribution in [2.45, 2.75) is 18.6 Å². The minimum absolute atomic E-state index is 0.0352. The van der Waals surface area contributed by atoms with E-state index in [1.807, 2.05) is 31.2 Å². The molecule has 1 aliphatic heterocycles. The van der Waals surface area contributed by atoms with Crippen LogP contribution in [-0.2, 0) is 9.59 Å². The Morgan fingerprint density at radius 3 is 2.57 bits per heavy atom. The predicted octanol–water partition coefficient (Wildman–Crippen LogP) is 4.28. The van der Waals surface area contributed by atoms with Gasteiger partial charge >= 0.3 is 0 Å². The van der Waals surface area contributed by atoms with Crippen molar-refractivity contribution >= 4 is 40.1 Å². The van der Waals surface area contributed by atoms with Crippen molar-refractivity contribution in [3.8, 4) is 0 Å². The third-order valence-electron chi connectivity index (χ3n) is 4.09. The van der Waals surface area contributed by atoms with Crippen LogP contribution in [0.3, 0.4) is 0 Å². The quantitative estimate of drug-likeness (QED) is 0.740. The summed E-state index contributed by atoms with van der Waals surface area (Å²) in [5.74, 6) is -0.784. The molecule has 144 valence electrons. The highest BCUT2D eigenvalue weighted by Crippen LogP contribution is 2.31. The number of carbonyl (C=O) groups is 2. The number of halogens is 1. The number of anilines is 1. The molecule has 5 nitrogen and oxygen atoms in total. The van der Waals surface area contributed by atoms with E-state index in [1.165, 1.54) is 40.9 Å². The van der Waals surface area contributed by atoms with Gasteiger partial charge in [-0.2, -0.15) is 0 Å². The molecule has 3 rings (SSSR count). The van der Waals surface area contributed by atoms with E-state index >= 15 is 0 Å². The monoisotopic (exact) mass is 397 g/mol. The Bertz CT molecular complexity index is 910. The molecule has 2 aromatic carbocycles. The summed E-state index contributed by atoms with van der Waals surface area (Å²) in [5, 5.41) is 2.72. The van der Waals surface area contributed by atoms with E-state index in [-0.39, 0.29) is 24.1 Å². The number of hydrogen-bond donors (Lipinski definition) is 1. The molecule has 7 heteroatoms. The van der Waals surface area contributed by atoms with Crippen LogP contribution >= 0.6 is 11.8 Å². The Hall–Kier alpha value is -2.93. The van der Waals surface area contributed by atoms with Gasteiger partial charge in [0.25, 0.3) is 0 Å². The zero-order chi connectivity index (χ0) is 20.1. The van der Waals surface area contributed by atoms with Crippen LogP contribution in [0.1, 0.15) is 12.0 Å². The van der Waals surface area contributed by atoms with Gasteiger partial charge in [-0.3, -0.25) is 14.5 Å². The molecular weight excluding hydrogens is 377 g/mol. The number of nitrogens with zero attached hydrogens (tertiary/aromatic N) is 2. The summed E-state index contributed by atoms with van der Waals surface area (Å²) in [4.78, 5) is 31.0. The van der Waals surface area contributed by atoms with Crippen LogP contribution < -0.4 is 5.32 Å². The predicted molar refractivity (Wildman–Crippen MR) is 111 cm³/mol. The molecule has 1 saturated heterocycles. The SMILES string of the molecule is C=CCN1C(=O)C(CC(=O)Nc2ccc(C)cc2)SC1=Nc1ccc(F)cc1. The molecular formula is C21H20FN3O2S. The first-order valence-corrected chi connectivity index (χ1v) is 9.64. The lowest BCUT2D eigenvalue weighted by atomic mass is 10.2. The maximum atomic E-state index is 13.1. The molecule has 0 saturated carbocycles. The fraction of sp³-hybridized carbons (Fsp3) is 0.190. The molecule has 1 unspecified atom stereocenters. The molecule has 28 heavy (non-hydrogen) atoms. The average Bonchev–Trinajstić information content (AvgIpc) is 2.94. The number of amides is 2. The summed E-state index contributed by atoms with van der Waals surface area (Å²) in [6.45, 7) is 5.94. The average molecular weight is 397 g/mol. The molecule has 1 N–H and O–H groups in total. The molecule has 0 aliphatic carbocycles. The van der Waals surface area contributed by atoms with Crippen LogP contribution in [0.25, 0.3) is 0 Å². The van der Waals surface area contributed by atoms with Crippen LogP contribution in [0.15, 0.2) is 66.2 Å². The minimum Gasteiger partial charge on any atom is -0.326 e. The number of thioether (sulfide) groups is 1. The number of benzene rings is 2. The Labute approximate surface area is 167 Å². The minimum atomic E-state index is -0.565. The molecule has 0 spiro atoms. The standard InChI is InChI=1S/C21H20FN3O2S/c1-3-12-25-20(27)18(13-19(26)23-16-8-4-14(2)5-9-16)28-21(25)24-17-10-6-15(22)7-11-17/h3-11,18H,1,12-13H2,2H3,(H,23,26). The topological polar surface area (TPSA) is 61.8 Å². The summed E-state index contributed by atoms with van der Waals surface area (Å²) >= 11 is 1.23. The zero-order valence-electron chi connectivity index (χ0n) is 15.4. The van der Waals surface area contributed by atoms with Gasteiger partial charge in [-0.05, 0) is 43.3 Å². The summed E-state index contributed by atoms with van der Waals surface area (Å²) < 4.78 is 13.1. The van der Waals surface area contributed by atoms with E-state index in [0.29, 0.717) is 23.1 Å². The zero-order valence-corrected chi connectivity index (χ0v) is 16.2. The second-order valence-corrected chi connectivity index (χ2v) is 7.50. The largest absolute Gasteiger partial charge is 0.326 e. The lowest BCUT2D eigenvalue weighted by Crippen LogP contribution is -2.33. The second kappa shape index (κ2) is 8.84. The number of carbonyl (C=O) groups excluding carboxylic acids is 2. The van der Waals surface area contributed by atoms with Crippen LogP contribution in [0.2, 0.25) is 0 Å². The van der Waals surface area contributed by atoms with E-state index in [0.717, 1.165) is 5.56 Å². The lowest BCUT2D eigenvalue weighted by Gasteiger charge is -2.13. The van der Waals surface area contributed by atoms with Crippen molar-refractivity contribution in [3.05, 3.63) is 72.6 Å². The molecule has 0 bridgehead atoms. The number of amidine groups is 1. The molecule has 1 atom stereocenters. The van der Waals surface area contributed by atoms with Crippen molar-refractivity contribution in [3.63, 3.8) is 0 Å². The van der Waals surface area contributed by atoms with Gasteiger partial charge in [-0.15, -0.1) is 6.58 Å². The number of aliphatic imine (C=N–C) groups is 1. The number of aryl methyl sites for hydroxylation is 1. The van der Waals surface area contributed by atoms with Gasteiger partial charge in [-0.25, -0.2) is 9.38 Å². The summed E-state index contributed by atoms with van der Waals surface area (Å²) in [6.07, 6.45) is 1.64. The Kier molecular flexibility index (Phi) is 6.26. The molecule has 1 heterocycles. The number of nitrogens with one attached hydrogen (secondary N) is 1. The van der Waals surface area contributed by atoms with E-state index in [1.54, 1.807) is 6.08 Å². The fourth-order valence-electron chi connectivity index (χ4n) is 2.67. The highest BCUT2D eigenvalue weighted by atomic mass is 32.2. The van der Waals surface area contributed by atoms with Gasteiger partial charge in [0.2, 0.25) is 11.8 Å². The maximum absolute atomic E-state index is 13.1. The normalized spacial score (nSPS) is 17.8. The first-order valence-electron chi connectivity index (χ1n) is 8.76. The van der Waals surface area contributed by atoms with Crippen molar-refractivity contribution in [1.29, 1.82) is 0 Å². The van der Waals surface area contributed by atoms with Gasteiger partial charge in [0.05, 0.1) is 5.69 Å². The Morgan fingerprint density at radius 2 is 1.93 bits per heavy atom. The van der Waals surface area contributed by atoms with E-state index < -0.39 is 5.25 Å². The van der Waals surface area contributed by atoms with Crippen molar-refractivity contribution in [2.24, 2.45) is 4.99 Å². The van der Waals surface area contributed by atoms with Crippen molar-refractivity contribution in [2.75, 3.05) is 11.9 Å². The highest BCUT2D eigenvalue weighted by Gasteiger charge is 2.38. The third kappa shape index (κ3) is 4.86. The third-order valence-corrected chi connectivity index (χ3v) is 5.26. The highest BCUT2D eigenvalue weighted by molar-refractivity contribution is 8.15. The van der Waals surface area contributed by atoms with Crippen LogP contribution in [-0.4, -0.2) is 33.7 Å². The lowest BCUT2D eigenvalue weighted by molar-refractivity contribution is -0.127. The van der Waals surface area contributed by atoms with Gasteiger partial charge in [0, 0.05) is 18.7 Å². The summed E-state index contributed by atoms with van der Waals surface area (Å²) in [5.41, 5.74) is 2.32. The molecule has 0 aromatic heterocycles. The summed E-state index contributed by atoms with van der Waals surface area (Å²) in [6, 6.07) is 13.2. The molecule has 1 aliphatic rings. The number of hydrogen-bond acceptors (Lipinski definition) is 4. The van der Waals surface area contributed by atoms with Crippen LogP contribution in [0.5, 0.6) is 0 Å². The molecule has 2 amide bonds. The van der Waals surface area contributed by atoms with Crippen LogP contribution in [0, 0.1) is 12.7 Å². The second-order valence-electron chi connectivity index (χ2n) is 6.33. The van der Waals surface area contributed by atoms with Gasteiger partial charge < -0.3 is 5.32 Å². The molecule has 0 radical (unpaired) electrons. The van der Waals surface area contributed by atoms with E-state index in [2.05, 4.69) is 16.9 Å².